The highest BCUT2D eigenvalue weighted by Gasteiger charge is 2.51. The molecule has 0 saturated carbocycles. The third-order valence-electron chi connectivity index (χ3n) is 13.5. The van der Waals surface area contributed by atoms with Gasteiger partial charge < -0.3 is 4.90 Å². The van der Waals surface area contributed by atoms with Gasteiger partial charge in [0.25, 0.3) is 0 Å². The second kappa shape index (κ2) is 14.3. The molecular weight excluding hydrogens is 775 g/mol. The summed E-state index contributed by atoms with van der Waals surface area (Å²) in [5.41, 5.74) is 17.7. The Labute approximate surface area is 372 Å². The summed E-state index contributed by atoms with van der Waals surface area (Å²) in [6.07, 6.45) is 0. The average molecular weight is 814 g/mol. The van der Waals surface area contributed by atoms with Crippen LogP contribution >= 0.6 is 0 Å². The lowest BCUT2D eigenvalue weighted by Gasteiger charge is -2.45. The SMILES string of the molecule is c1ccc(-c2cc(-c3ccc4c(ccc5ccccc54)c3)nc(-c3ccccc3-c3ccc4c(c3)-c3ccccc3C43c4ccccc4N(c4ccccc4)c4ccccc43)n2)cc1. The van der Waals surface area contributed by atoms with Crippen LogP contribution in [-0.2, 0) is 5.41 Å². The number of aromatic nitrogens is 2. The first-order valence-electron chi connectivity index (χ1n) is 22.0. The van der Waals surface area contributed by atoms with Crippen LogP contribution in [0.3, 0.4) is 0 Å². The molecule has 3 nitrogen and oxygen atoms in total. The third kappa shape index (κ3) is 5.41. The molecule has 0 saturated heterocycles. The Hall–Kier alpha value is -8.40. The molecule has 1 aliphatic heterocycles. The summed E-state index contributed by atoms with van der Waals surface area (Å²) in [7, 11) is 0. The number of hydrogen-bond acceptors (Lipinski definition) is 3. The van der Waals surface area contributed by atoms with Crippen LogP contribution in [0.2, 0.25) is 0 Å². The van der Waals surface area contributed by atoms with Crippen LogP contribution in [0.5, 0.6) is 0 Å². The Morgan fingerprint density at radius 1 is 0.312 bits per heavy atom. The molecule has 0 bridgehead atoms. The molecule has 64 heavy (non-hydrogen) atoms. The minimum atomic E-state index is -0.517. The van der Waals surface area contributed by atoms with Crippen molar-refractivity contribution in [2.45, 2.75) is 5.41 Å². The van der Waals surface area contributed by atoms with Gasteiger partial charge in [0, 0.05) is 22.4 Å². The highest BCUT2D eigenvalue weighted by Crippen LogP contribution is 2.63. The molecule has 10 aromatic carbocycles. The van der Waals surface area contributed by atoms with E-state index >= 15 is 0 Å². The Kier molecular flexibility index (Phi) is 8.13. The van der Waals surface area contributed by atoms with Crippen molar-refractivity contribution in [1.82, 2.24) is 9.97 Å². The fourth-order valence-electron chi connectivity index (χ4n) is 10.7. The first-order valence-corrected chi connectivity index (χ1v) is 22.0. The first kappa shape index (κ1) is 36.3. The summed E-state index contributed by atoms with van der Waals surface area (Å²) in [5, 5.41) is 4.91. The third-order valence-corrected chi connectivity index (χ3v) is 13.5. The number of para-hydroxylation sites is 3. The number of fused-ring (bicyclic) bond motifs is 12. The van der Waals surface area contributed by atoms with E-state index in [1.54, 1.807) is 0 Å². The number of benzene rings is 10. The van der Waals surface area contributed by atoms with E-state index in [4.69, 9.17) is 9.97 Å². The minimum Gasteiger partial charge on any atom is -0.310 e. The average Bonchev–Trinajstić information content (AvgIpc) is 3.66. The molecule has 3 heteroatoms. The maximum atomic E-state index is 5.40. The summed E-state index contributed by atoms with van der Waals surface area (Å²) in [5.74, 6) is 0.694. The molecular formula is C61H39N3. The zero-order chi connectivity index (χ0) is 42.2. The van der Waals surface area contributed by atoms with Crippen molar-refractivity contribution in [3.63, 3.8) is 0 Å². The first-order chi connectivity index (χ1) is 31.7. The molecule has 11 aromatic rings. The highest BCUT2D eigenvalue weighted by molar-refractivity contribution is 6.08. The van der Waals surface area contributed by atoms with Crippen LogP contribution in [0.1, 0.15) is 22.3 Å². The minimum absolute atomic E-state index is 0.517. The van der Waals surface area contributed by atoms with E-state index < -0.39 is 5.41 Å². The predicted molar refractivity (Wildman–Crippen MR) is 264 cm³/mol. The second-order valence-electron chi connectivity index (χ2n) is 16.9. The lowest BCUT2D eigenvalue weighted by molar-refractivity contribution is 0.753. The van der Waals surface area contributed by atoms with Gasteiger partial charge >= 0.3 is 0 Å². The van der Waals surface area contributed by atoms with Crippen molar-refractivity contribution in [3.8, 4) is 56.2 Å². The molecule has 0 radical (unpaired) electrons. The van der Waals surface area contributed by atoms with Crippen molar-refractivity contribution in [2.75, 3.05) is 4.90 Å². The van der Waals surface area contributed by atoms with Gasteiger partial charge in [0.05, 0.1) is 28.2 Å². The number of nitrogens with zero attached hydrogens (tertiary/aromatic N) is 3. The standard InChI is InChI=1S/C61H39N3/c1-3-18-41(19-4-1)56-39-57(44-33-35-48-42(37-44)32-31-40-17-7-8-22-46(40)48)63-60(62-56)50-25-10-9-23-47(50)43-34-36-53-51(38-43)49-24-11-12-26-52(49)61(53)54-27-13-15-29-58(54)64(45-20-5-2-6-21-45)59-30-16-14-28-55(59)61/h1-39H. The van der Waals surface area contributed by atoms with Crippen LogP contribution in [0.25, 0.3) is 77.7 Å². The molecule has 13 rings (SSSR count). The van der Waals surface area contributed by atoms with Gasteiger partial charge in [0.2, 0.25) is 0 Å². The van der Waals surface area contributed by atoms with Gasteiger partial charge in [-0.05, 0) is 109 Å². The predicted octanol–water partition coefficient (Wildman–Crippen LogP) is 15.6. The molecule has 0 unspecified atom stereocenters. The van der Waals surface area contributed by atoms with Crippen molar-refractivity contribution in [1.29, 1.82) is 0 Å². The lowest BCUT2D eigenvalue weighted by Crippen LogP contribution is -2.36. The monoisotopic (exact) mass is 813 g/mol. The van der Waals surface area contributed by atoms with Crippen molar-refractivity contribution < 1.29 is 0 Å². The topological polar surface area (TPSA) is 29.0 Å². The molecule has 1 spiro atoms. The maximum Gasteiger partial charge on any atom is 0.161 e. The number of anilines is 3. The molecule has 2 heterocycles. The van der Waals surface area contributed by atoms with Crippen LogP contribution in [-0.4, -0.2) is 9.97 Å². The molecule has 1 aliphatic carbocycles. The smallest absolute Gasteiger partial charge is 0.161 e. The van der Waals surface area contributed by atoms with Gasteiger partial charge in [-0.2, -0.15) is 0 Å². The van der Waals surface area contributed by atoms with E-state index in [1.807, 2.05) is 0 Å². The number of hydrogen-bond donors (Lipinski definition) is 0. The Bertz CT molecular complexity index is 3580. The second-order valence-corrected chi connectivity index (χ2v) is 16.9. The normalized spacial score (nSPS) is 13.1. The van der Waals surface area contributed by atoms with Gasteiger partial charge in [0.15, 0.2) is 5.82 Å². The maximum absolute atomic E-state index is 5.40. The van der Waals surface area contributed by atoms with E-state index in [0.29, 0.717) is 5.82 Å². The van der Waals surface area contributed by atoms with Crippen LogP contribution in [0.15, 0.2) is 237 Å². The lowest BCUT2D eigenvalue weighted by atomic mass is 9.64. The van der Waals surface area contributed by atoms with E-state index in [9.17, 15) is 0 Å². The Morgan fingerprint density at radius 3 is 1.62 bits per heavy atom. The molecule has 0 atom stereocenters. The molecule has 0 N–H and O–H groups in total. The van der Waals surface area contributed by atoms with E-state index in [-0.39, 0.29) is 0 Å². The van der Waals surface area contributed by atoms with Gasteiger partial charge in [-0.3, -0.25) is 0 Å². The van der Waals surface area contributed by atoms with E-state index in [2.05, 4.69) is 241 Å². The Balaban J connectivity index is 0.993. The fraction of sp³-hybridized carbons (Fsp3) is 0.0164. The van der Waals surface area contributed by atoms with Crippen LogP contribution in [0.4, 0.5) is 17.1 Å². The molecule has 0 amide bonds. The molecule has 2 aliphatic rings. The van der Waals surface area contributed by atoms with E-state index in [0.717, 1.165) is 44.9 Å². The fourth-order valence-corrected chi connectivity index (χ4v) is 10.7. The van der Waals surface area contributed by atoms with Crippen molar-refractivity contribution in [2.24, 2.45) is 0 Å². The molecule has 298 valence electrons. The zero-order valence-corrected chi connectivity index (χ0v) is 34.9. The number of rotatable bonds is 5. The van der Waals surface area contributed by atoms with Crippen LogP contribution in [0, 0.1) is 0 Å². The summed E-state index contributed by atoms with van der Waals surface area (Å²) in [6.45, 7) is 0. The summed E-state index contributed by atoms with van der Waals surface area (Å²) < 4.78 is 0. The zero-order valence-electron chi connectivity index (χ0n) is 34.9. The van der Waals surface area contributed by atoms with Crippen molar-refractivity contribution >= 4 is 38.6 Å². The van der Waals surface area contributed by atoms with Crippen LogP contribution < -0.4 is 4.90 Å². The van der Waals surface area contributed by atoms with Crippen molar-refractivity contribution in [3.05, 3.63) is 259 Å². The summed E-state index contributed by atoms with van der Waals surface area (Å²) in [4.78, 5) is 13.2. The quantitative estimate of drug-likeness (QED) is 0.162. The highest BCUT2D eigenvalue weighted by atomic mass is 15.2. The van der Waals surface area contributed by atoms with Gasteiger partial charge in [-0.1, -0.05) is 194 Å². The van der Waals surface area contributed by atoms with Gasteiger partial charge in [0.1, 0.15) is 0 Å². The van der Waals surface area contributed by atoms with Gasteiger partial charge in [-0.25, -0.2) is 9.97 Å². The summed E-state index contributed by atoms with van der Waals surface area (Å²) >= 11 is 0. The molecule has 0 fully saturated rings. The Morgan fingerprint density at radius 2 is 0.859 bits per heavy atom. The summed E-state index contributed by atoms with van der Waals surface area (Å²) in [6, 6.07) is 85.8. The molecule has 1 aromatic heterocycles. The van der Waals surface area contributed by atoms with E-state index in [1.165, 1.54) is 66.3 Å². The van der Waals surface area contributed by atoms with Gasteiger partial charge in [-0.15, -0.1) is 0 Å². The largest absolute Gasteiger partial charge is 0.310 e.